The summed E-state index contributed by atoms with van der Waals surface area (Å²) in [6.45, 7) is 6.04. The van der Waals surface area contributed by atoms with Crippen LogP contribution < -0.4 is 0 Å². The number of unbranched alkanes of at least 4 members (excludes halogenated alkanes) is 3. The summed E-state index contributed by atoms with van der Waals surface area (Å²) in [6.07, 6.45) is 10.8. The van der Waals surface area contributed by atoms with E-state index in [0.29, 0.717) is 0 Å². The fraction of sp³-hybridized carbons (Fsp3) is 0.750. The monoisotopic (exact) mass is 180 g/mol. The van der Waals surface area contributed by atoms with E-state index in [-0.39, 0.29) is 11.2 Å². The van der Waals surface area contributed by atoms with Crippen LogP contribution in [0.3, 0.4) is 0 Å². The normalized spacial score (nSPS) is 10.9. The van der Waals surface area contributed by atoms with Crippen LogP contribution in [0.15, 0.2) is 0 Å². The number of hydrogen-bond acceptors (Lipinski definition) is 1. The standard InChI is InChI=1S/C12H20O/c1-5-7-8-9-10-12(3,4)11(13)6-2/h2H,5,7-10H2,1,3-4H3. The van der Waals surface area contributed by atoms with Gasteiger partial charge in [0.1, 0.15) is 0 Å². The van der Waals surface area contributed by atoms with Gasteiger partial charge in [-0.3, -0.25) is 4.79 Å². The molecule has 0 fully saturated rings. The fourth-order valence-corrected chi connectivity index (χ4v) is 1.30. The highest BCUT2D eigenvalue weighted by atomic mass is 16.1. The third-order valence-electron chi connectivity index (χ3n) is 2.40. The molecule has 1 heteroatoms. The number of carbonyl (C=O) groups is 1. The molecule has 1 nitrogen and oxygen atoms in total. The number of terminal acetylenes is 1. The summed E-state index contributed by atoms with van der Waals surface area (Å²) in [5, 5.41) is 0. The molecule has 0 rings (SSSR count). The topological polar surface area (TPSA) is 17.1 Å². The predicted octanol–water partition coefficient (Wildman–Crippen LogP) is 3.19. The van der Waals surface area contributed by atoms with Crippen LogP contribution in [0.25, 0.3) is 0 Å². The summed E-state index contributed by atoms with van der Waals surface area (Å²) in [5.41, 5.74) is -0.317. The van der Waals surface area contributed by atoms with Crippen molar-refractivity contribution in [2.24, 2.45) is 5.41 Å². The Morgan fingerprint density at radius 2 is 1.92 bits per heavy atom. The molecule has 0 saturated heterocycles. The van der Waals surface area contributed by atoms with Crippen LogP contribution in [-0.2, 0) is 4.79 Å². The first-order valence-corrected chi connectivity index (χ1v) is 5.05. The van der Waals surface area contributed by atoms with Crippen molar-refractivity contribution in [2.45, 2.75) is 52.9 Å². The molecule has 0 radical (unpaired) electrons. The molecule has 0 aromatic heterocycles. The molecule has 0 spiro atoms. The zero-order chi connectivity index (χ0) is 10.3. The highest BCUT2D eigenvalue weighted by Gasteiger charge is 2.24. The first kappa shape index (κ1) is 12.2. The molecule has 0 aromatic carbocycles. The Morgan fingerprint density at radius 1 is 1.31 bits per heavy atom. The lowest BCUT2D eigenvalue weighted by molar-refractivity contribution is -0.121. The van der Waals surface area contributed by atoms with Crippen LogP contribution in [0.2, 0.25) is 0 Å². The Morgan fingerprint density at radius 3 is 2.38 bits per heavy atom. The zero-order valence-corrected chi connectivity index (χ0v) is 9.02. The third-order valence-corrected chi connectivity index (χ3v) is 2.40. The SMILES string of the molecule is C#CC(=O)C(C)(C)CCCCCC. The maximum atomic E-state index is 11.3. The molecule has 0 atom stereocenters. The van der Waals surface area contributed by atoms with Gasteiger partial charge in [-0.2, -0.15) is 0 Å². The summed E-state index contributed by atoms with van der Waals surface area (Å²) >= 11 is 0. The van der Waals surface area contributed by atoms with E-state index in [9.17, 15) is 4.79 Å². The largest absolute Gasteiger partial charge is 0.284 e. The van der Waals surface area contributed by atoms with E-state index < -0.39 is 0 Å². The van der Waals surface area contributed by atoms with Crippen LogP contribution in [0.4, 0.5) is 0 Å². The number of hydrogen-bond donors (Lipinski definition) is 0. The number of Topliss-reactive ketones (excluding diaryl/α,β-unsaturated/α-hetero) is 1. The first-order valence-electron chi connectivity index (χ1n) is 5.05. The van der Waals surface area contributed by atoms with Crippen molar-refractivity contribution in [1.82, 2.24) is 0 Å². The molecule has 13 heavy (non-hydrogen) atoms. The molecule has 0 aliphatic rings. The minimum absolute atomic E-state index is 0.0657. The minimum atomic E-state index is -0.317. The summed E-state index contributed by atoms with van der Waals surface area (Å²) in [6, 6.07) is 0. The number of rotatable bonds is 6. The molecule has 0 aromatic rings. The van der Waals surface area contributed by atoms with Gasteiger partial charge in [-0.15, -0.1) is 6.42 Å². The van der Waals surface area contributed by atoms with Crippen molar-refractivity contribution in [2.75, 3.05) is 0 Å². The molecule has 74 valence electrons. The van der Waals surface area contributed by atoms with Crippen molar-refractivity contribution >= 4 is 5.78 Å². The molecule has 0 N–H and O–H groups in total. The van der Waals surface area contributed by atoms with Crippen molar-refractivity contribution in [3.63, 3.8) is 0 Å². The molecule has 0 aliphatic carbocycles. The number of carbonyl (C=O) groups excluding carboxylic acids is 1. The summed E-state index contributed by atoms with van der Waals surface area (Å²) < 4.78 is 0. The average Bonchev–Trinajstić information content (AvgIpc) is 2.11. The van der Waals surface area contributed by atoms with Gasteiger partial charge in [0, 0.05) is 5.41 Å². The van der Waals surface area contributed by atoms with Crippen molar-refractivity contribution in [3.8, 4) is 12.3 Å². The Bertz CT molecular complexity index is 196. The molecule has 0 aliphatic heterocycles. The van der Waals surface area contributed by atoms with Crippen molar-refractivity contribution < 1.29 is 4.79 Å². The fourth-order valence-electron chi connectivity index (χ4n) is 1.30. The van der Waals surface area contributed by atoms with Gasteiger partial charge >= 0.3 is 0 Å². The molecular weight excluding hydrogens is 160 g/mol. The van der Waals surface area contributed by atoms with E-state index >= 15 is 0 Å². The third kappa shape index (κ3) is 4.72. The van der Waals surface area contributed by atoms with Crippen LogP contribution in [0.1, 0.15) is 52.9 Å². The van der Waals surface area contributed by atoms with Gasteiger partial charge in [0.2, 0.25) is 5.78 Å². The van der Waals surface area contributed by atoms with E-state index in [1.807, 2.05) is 13.8 Å². The Kier molecular flexibility index (Phi) is 5.46. The van der Waals surface area contributed by atoms with Crippen LogP contribution >= 0.6 is 0 Å². The second-order valence-corrected chi connectivity index (χ2v) is 4.17. The molecule has 0 amide bonds. The number of ketones is 1. The first-order chi connectivity index (χ1) is 6.04. The van der Waals surface area contributed by atoms with Crippen molar-refractivity contribution in [3.05, 3.63) is 0 Å². The summed E-state index contributed by atoms with van der Waals surface area (Å²) in [7, 11) is 0. The molecule has 0 bridgehead atoms. The van der Waals surface area contributed by atoms with Gasteiger partial charge in [0.15, 0.2) is 0 Å². The van der Waals surface area contributed by atoms with Gasteiger partial charge in [-0.05, 0) is 12.3 Å². The molecule has 0 unspecified atom stereocenters. The van der Waals surface area contributed by atoms with Crippen LogP contribution in [0, 0.1) is 17.8 Å². The Labute approximate surface area is 81.9 Å². The second-order valence-electron chi connectivity index (χ2n) is 4.17. The molecule has 0 heterocycles. The predicted molar refractivity (Wildman–Crippen MR) is 56.4 cm³/mol. The highest BCUT2D eigenvalue weighted by molar-refractivity contribution is 5.98. The van der Waals surface area contributed by atoms with Gasteiger partial charge in [0.25, 0.3) is 0 Å². The smallest absolute Gasteiger partial charge is 0.210 e. The second kappa shape index (κ2) is 5.80. The lowest BCUT2D eigenvalue weighted by Gasteiger charge is -2.19. The van der Waals surface area contributed by atoms with E-state index in [1.54, 1.807) is 0 Å². The van der Waals surface area contributed by atoms with E-state index in [4.69, 9.17) is 6.42 Å². The Balaban J connectivity index is 3.77. The zero-order valence-electron chi connectivity index (χ0n) is 9.02. The van der Waals surface area contributed by atoms with E-state index in [0.717, 1.165) is 12.8 Å². The van der Waals surface area contributed by atoms with Crippen LogP contribution in [0.5, 0.6) is 0 Å². The lowest BCUT2D eigenvalue weighted by atomic mass is 9.83. The van der Waals surface area contributed by atoms with Gasteiger partial charge < -0.3 is 0 Å². The lowest BCUT2D eigenvalue weighted by Crippen LogP contribution is -2.22. The maximum absolute atomic E-state index is 11.3. The minimum Gasteiger partial charge on any atom is -0.284 e. The Hall–Kier alpha value is -0.770. The highest BCUT2D eigenvalue weighted by Crippen LogP contribution is 2.24. The summed E-state index contributed by atoms with van der Waals surface area (Å²) in [4.78, 5) is 11.3. The van der Waals surface area contributed by atoms with Crippen molar-refractivity contribution in [1.29, 1.82) is 0 Å². The van der Waals surface area contributed by atoms with E-state index in [2.05, 4.69) is 12.8 Å². The van der Waals surface area contributed by atoms with E-state index in [1.165, 1.54) is 19.3 Å². The molecule has 0 saturated carbocycles. The quantitative estimate of drug-likeness (QED) is 0.348. The maximum Gasteiger partial charge on any atom is 0.210 e. The average molecular weight is 180 g/mol. The van der Waals surface area contributed by atoms with Gasteiger partial charge in [-0.25, -0.2) is 0 Å². The summed E-state index contributed by atoms with van der Waals surface area (Å²) in [5.74, 6) is 2.14. The molecular formula is C12H20O. The van der Waals surface area contributed by atoms with Gasteiger partial charge in [-0.1, -0.05) is 46.5 Å². The van der Waals surface area contributed by atoms with Crippen LogP contribution in [-0.4, -0.2) is 5.78 Å². The van der Waals surface area contributed by atoms with Gasteiger partial charge in [0.05, 0.1) is 0 Å².